The van der Waals surface area contributed by atoms with Crippen molar-refractivity contribution >= 4 is 27.6 Å². The van der Waals surface area contributed by atoms with E-state index in [0.717, 1.165) is 6.20 Å². The Labute approximate surface area is 101 Å². The summed E-state index contributed by atoms with van der Waals surface area (Å²) in [5.41, 5.74) is 0.341. The molecule has 0 saturated carbocycles. The van der Waals surface area contributed by atoms with Crippen molar-refractivity contribution in [2.45, 2.75) is 6.92 Å². The lowest BCUT2D eigenvalue weighted by Gasteiger charge is -2.09. The summed E-state index contributed by atoms with van der Waals surface area (Å²) in [6.45, 7) is 5.42. The molecule has 0 aliphatic heterocycles. The van der Waals surface area contributed by atoms with Crippen molar-refractivity contribution in [3.8, 4) is 0 Å². The number of nitrogens with zero attached hydrogens (tertiary/aromatic N) is 1. The highest BCUT2D eigenvalue weighted by Gasteiger charge is 2.10. The number of rotatable bonds is 4. The van der Waals surface area contributed by atoms with Crippen LogP contribution in [0.2, 0.25) is 0 Å². The molecule has 4 nitrogen and oxygen atoms in total. The predicted molar refractivity (Wildman–Crippen MR) is 61.3 cm³/mol. The van der Waals surface area contributed by atoms with Gasteiger partial charge in [-0.25, -0.2) is 14.2 Å². The Morgan fingerprint density at radius 2 is 2.44 bits per heavy atom. The Morgan fingerprint density at radius 3 is 3.06 bits per heavy atom. The number of pyridine rings is 1. The molecule has 1 aromatic rings. The van der Waals surface area contributed by atoms with Gasteiger partial charge >= 0.3 is 5.97 Å². The summed E-state index contributed by atoms with van der Waals surface area (Å²) in [5, 5.41) is 2.62. The molecule has 0 spiro atoms. The third-order valence-electron chi connectivity index (χ3n) is 1.61. The molecule has 86 valence electrons. The molecular weight excluding hydrogens is 279 g/mol. The molecule has 0 aromatic carbocycles. The second-order valence-corrected chi connectivity index (χ2v) is 3.57. The molecule has 1 N–H and O–H groups in total. The first-order valence-electron chi connectivity index (χ1n) is 4.48. The van der Waals surface area contributed by atoms with Crippen LogP contribution in [-0.4, -0.2) is 17.6 Å². The van der Waals surface area contributed by atoms with Gasteiger partial charge in [0.2, 0.25) is 0 Å². The number of esters is 1. The zero-order chi connectivity index (χ0) is 12.1. The molecule has 0 amide bonds. The van der Waals surface area contributed by atoms with Gasteiger partial charge in [-0.15, -0.1) is 0 Å². The minimum Gasteiger partial charge on any atom is -0.461 e. The smallest absolute Gasteiger partial charge is 0.354 e. The van der Waals surface area contributed by atoms with Crippen molar-refractivity contribution in [2.75, 3.05) is 11.9 Å². The molecule has 0 radical (unpaired) electrons. The topological polar surface area (TPSA) is 51.2 Å². The standard InChI is InChI=1S/C10H10BrFN2O2/c1-3-16-10(15)6(2)14-8-4-7(12)5-13-9(8)11/h4-5,14H,2-3H2,1H3. The Hall–Kier alpha value is -1.43. The Bertz CT molecular complexity index is 423. The van der Waals surface area contributed by atoms with Gasteiger partial charge < -0.3 is 10.1 Å². The quantitative estimate of drug-likeness (QED) is 0.525. The molecule has 0 saturated heterocycles. The number of nitrogens with one attached hydrogen (secondary N) is 1. The van der Waals surface area contributed by atoms with E-state index < -0.39 is 11.8 Å². The van der Waals surface area contributed by atoms with Gasteiger partial charge in [0.15, 0.2) is 0 Å². The van der Waals surface area contributed by atoms with E-state index in [1.54, 1.807) is 6.92 Å². The Morgan fingerprint density at radius 1 is 1.75 bits per heavy atom. The van der Waals surface area contributed by atoms with Crippen LogP contribution in [0.3, 0.4) is 0 Å². The van der Waals surface area contributed by atoms with Crippen molar-refractivity contribution in [3.63, 3.8) is 0 Å². The van der Waals surface area contributed by atoms with Crippen LogP contribution in [0.25, 0.3) is 0 Å². The molecule has 0 atom stereocenters. The number of carbonyl (C=O) groups is 1. The summed E-state index contributed by atoms with van der Waals surface area (Å²) >= 11 is 3.11. The lowest BCUT2D eigenvalue weighted by molar-refractivity contribution is -0.138. The number of hydrogen-bond donors (Lipinski definition) is 1. The number of halogens is 2. The first kappa shape index (κ1) is 12.6. The van der Waals surface area contributed by atoms with E-state index in [2.05, 4.69) is 32.8 Å². The SMILES string of the molecule is C=C(Nc1cc(F)cnc1Br)C(=O)OCC. The molecule has 1 aromatic heterocycles. The number of carbonyl (C=O) groups excluding carboxylic acids is 1. The van der Waals surface area contributed by atoms with Crippen LogP contribution in [0, 0.1) is 5.82 Å². The van der Waals surface area contributed by atoms with Gasteiger partial charge in [-0.1, -0.05) is 6.58 Å². The fourth-order valence-corrected chi connectivity index (χ4v) is 1.26. The molecular formula is C10H10BrFN2O2. The molecule has 0 aliphatic carbocycles. The van der Waals surface area contributed by atoms with Crippen LogP contribution < -0.4 is 5.32 Å². The van der Waals surface area contributed by atoms with Crippen molar-refractivity contribution < 1.29 is 13.9 Å². The summed E-state index contributed by atoms with van der Waals surface area (Å²) < 4.78 is 18.0. The number of ether oxygens (including phenoxy) is 1. The maximum Gasteiger partial charge on any atom is 0.354 e. The van der Waals surface area contributed by atoms with Crippen LogP contribution in [0.5, 0.6) is 0 Å². The maximum atomic E-state index is 12.9. The molecule has 16 heavy (non-hydrogen) atoms. The highest BCUT2D eigenvalue weighted by Crippen LogP contribution is 2.21. The van der Waals surface area contributed by atoms with Gasteiger partial charge in [-0.2, -0.15) is 0 Å². The normalized spacial score (nSPS) is 9.69. The van der Waals surface area contributed by atoms with Gasteiger partial charge in [0, 0.05) is 6.07 Å². The Balaban J connectivity index is 2.76. The zero-order valence-electron chi connectivity index (χ0n) is 8.59. The molecule has 1 rings (SSSR count). The molecule has 0 aliphatic rings. The summed E-state index contributed by atoms with van der Waals surface area (Å²) in [7, 11) is 0. The average molecular weight is 289 g/mol. The van der Waals surface area contributed by atoms with Gasteiger partial charge in [0.25, 0.3) is 0 Å². The highest BCUT2D eigenvalue weighted by molar-refractivity contribution is 9.10. The van der Waals surface area contributed by atoms with Crippen LogP contribution in [-0.2, 0) is 9.53 Å². The van der Waals surface area contributed by atoms with E-state index >= 15 is 0 Å². The average Bonchev–Trinajstić information content (AvgIpc) is 2.23. The molecule has 1 heterocycles. The molecule has 0 bridgehead atoms. The van der Waals surface area contributed by atoms with Crippen LogP contribution in [0.1, 0.15) is 6.92 Å². The number of anilines is 1. The maximum absolute atomic E-state index is 12.9. The van der Waals surface area contributed by atoms with Gasteiger partial charge in [0.1, 0.15) is 16.1 Å². The van der Waals surface area contributed by atoms with E-state index in [1.807, 2.05) is 0 Å². The van der Waals surface area contributed by atoms with Crippen LogP contribution in [0.4, 0.5) is 10.1 Å². The molecule has 0 fully saturated rings. The first-order valence-corrected chi connectivity index (χ1v) is 5.28. The summed E-state index contributed by atoms with van der Waals surface area (Å²) in [4.78, 5) is 15.0. The van der Waals surface area contributed by atoms with Crippen molar-refractivity contribution in [1.82, 2.24) is 4.98 Å². The van der Waals surface area contributed by atoms with E-state index in [4.69, 9.17) is 4.74 Å². The first-order chi connectivity index (χ1) is 7.54. The van der Waals surface area contributed by atoms with Crippen molar-refractivity contribution in [2.24, 2.45) is 0 Å². The van der Waals surface area contributed by atoms with E-state index in [0.29, 0.717) is 10.3 Å². The largest absolute Gasteiger partial charge is 0.461 e. The lowest BCUT2D eigenvalue weighted by atomic mass is 10.4. The summed E-state index contributed by atoms with van der Waals surface area (Å²) in [5.74, 6) is -1.10. The fourth-order valence-electron chi connectivity index (χ4n) is 0.942. The molecule has 6 heteroatoms. The number of aromatic nitrogens is 1. The monoisotopic (exact) mass is 288 g/mol. The third kappa shape index (κ3) is 3.30. The van der Waals surface area contributed by atoms with Gasteiger partial charge in [0.05, 0.1) is 18.5 Å². The minimum atomic E-state index is -0.585. The van der Waals surface area contributed by atoms with Crippen molar-refractivity contribution in [1.29, 1.82) is 0 Å². The van der Waals surface area contributed by atoms with E-state index in [1.165, 1.54) is 6.07 Å². The zero-order valence-corrected chi connectivity index (χ0v) is 10.2. The second-order valence-electron chi connectivity index (χ2n) is 2.82. The summed E-state index contributed by atoms with van der Waals surface area (Å²) in [6, 6.07) is 1.20. The second kappa shape index (κ2) is 5.60. The van der Waals surface area contributed by atoms with Gasteiger partial charge in [-0.05, 0) is 22.9 Å². The van der Waals surface area contributed by atoms with E-state index in [9.17, 15) is 9.18 Å². The van der Waals surface area contributed by atoms with Crippen molar-refractivity contribution in [3.05, 3.63) is 35.0 Å². The van der Waals surface area contributed by atoms with Crippen LogP contribution >= 0.6 is 15.9 Å². The molecule has 0 unspecified atom stereocenters. The van der Waals surface area contributed by atoms with E-state index in [-0.39, 0.29) is 12.3 Å². The van der Waals surface area contributed by atoms with Crippen LogP contribution in [0.15, 0.2) is 29.1 Å². The third-order valence-corrected chi connectivity index (χ3v) is 2.25. The Kier molecular flexibility index (Phi) is 4.42. The highest BCUT2D eigenvalue weighted by atomic mass is 79.9. The van der Waals surface area contributed by atoms with Gasteiger partial charge in [-0.3, -0.25) is 0 Å². The lowest BCUT2D eigenvalue weighted by Crippen LogP contribution is -2.14. The predicted octanol–water partition coefficient (Wildman–Crippen LogP) is 2.47. The summed E-state index contributed by atoms with van der Waals surface area (Å²) in [6.07, 6.45) is 1.06. The minimum absolute atomic E-state index is 0.0231. The number of hydrogen-bond acceptors (Lipinski definition) is 4. The fraction of sp³-hybridized carbons (Fsp3) is 0.200.